The second-order valence-electron chi connectivity index (χ2n) is 5.78. The minimum Gasteiger partial charge on any atom is -0.459 e. The summed E-state index contributed by atoms with van der Waals surface area (Å²) in [6, 6.07) is 1.90. The number of fused-ring (bicyclic) bond motifs is 1. The predicted molar refractivity (Wildman–Crippen MR) is 73.2 cm³/mol. The number of piperidine rings is 1. The van der Waals surface area contributed by atoms with Crippen molar-refractivity contribution < 1.29 is 4.42 Å². The average Bonchev–Trinajstić information content (AvgIpc) is 3.06. The first-order valence-corrected chi connectivity index (χ1v) is 7.00. The molecule has 0 aliphatic carbocycles. The maximum Gasteiger partial charge on any atom is 0.194 e. The van der Waals surface area contributed by atoms with Crippen molar-refractivity contribution in [3.05, 3.63) is 18.7 Å². The molecule has 2 aliphatic rings. The summed E-state index contributed by atoms with van der Waals surface area (Å²) >= 11 is 0. The lowest BCUT2D eigenvalue weighted by atomic mass is 9.80. The minimum absolute atomic E-state index is 0.433. The number of hydrogen-bond acceptors (Lipinski definition) is 5. The van der Waals surface area contributed by atoms with Crippen LogP contribution in [0, 0.1) is 5.41 Å². The van der Waals surface area contributed by atoms with Crippen LogP contribution in [0.4, 0.5) is 5.82 Å². The number of rotatable bonds is 1. The van der Waals surface area contributed by atoms with Gasteiger partial charge in [-0.2, -0.15) is 0 Å². The summed E-state index contributed by atoms with van der Waals surface area (Å²) < 4.78 is 5.55. The maximum atomic E-state index is 5.55. The largest absolute Gasteiger partial charge is 0.459 e. The average molecular weight is 258 g/mol. The molecular weight excluding hydrogens is 240 g/mol. The monoisotopic (exact) mass is 258 g/mol. The Morgan fingerprint density at radius 1 is 1.32 bits per heavy atom. The second kappa shape index (κ2) is 4.20. The van der Waals surface area contributed by atoms with Gasteiger partial charge >= 0.3 is 0 Å². The highest BCUT2D eigenvalue weighted by molar-refractivity contribution is 5.83. The van der Waals surface area contributed by atoms with Gasteiger partial charge in [-0.1, -0.05) is 0 Å². The van der Waals surface area contributed by atoms with Crippen molar-refractivity contribution in [1.82, 2.24) is 15.3 Å². The Labute approximate surface area is 112 Å². The van der Waals surface area contributed by atoms with Gasteiger partial charge in [0.05, 0.1) is 6.26 Å². The third kappa shape index (κ3) is 1.80. The van der Waals surface area contributed by atoms with E-state index in [-0.39, 0.29) is 0 Å². The lowest BCUT2D eigenvalue weighted by Crippen LogP contribution is -2.42. The molecule has 1 atom stereocenters. The minimum atomic E-state index is 0.433. The van der Waals surface area contributed by atoms with Crippen LogP contribution in [0.1, 0.15) is 19.3 Å². The molecule has 5 nitrogen and oxygen atoms in total. The van der Waals surface area contributed by atoms with Gasteiger partial charge in [-0.05, 0) is 25.8 Å². The maximum absolute atomic E-state index is 5.55. The van der Waals surface area contributed by atoms with Gasteiger partial charge < -0.3 is 14.6 Å². The van der Waals surface area contributed by atoms with Gasteiger partial charge in [-0.15, -0.1) is 0 Å². The highest BCUT2D eigenvalue weighted by Crippen LogP contribution is 2.39. The molecule has 2 aromatic rings. The van der Waals surface area contributed by atoms with Crippen molar-refractivity contribution in [1.29, 1.82) is 0 Å². The molecule has 2 saturated heterocycles. The Balaban J connectivity index is 1.65. The third-order valence-corrected chi connectivity index (χ3v) is 4.52. The molecule has 2 aliphatic heterocycles. The Hall–Kier alpha value is -1.62. The molecule has 0 saturated carbocycles. The van der Waals surface area contributed by atoms with Crippen LogP contribution in [0.15, 0.2) is 23.1 Å². The topological polar surface area (TPSA) is 54.2 Å². The highest BCUT2D eigenvalue weighted by Gasteiger charge is 2.40. The SMILES string of the molecule is c1nc(N2CCC3(CCCNC3)C2)c2occc2n1. The summed E-state index contributed by atoms with van der Waals surface area (Å²) in [4.78, 5) is 11.0. The first-order valence-electron chi connectivity index (χ1n) is 7.00. The Kier molecular flexibility index (Phi) is 2.48. The molecule has 0 amide bonds. The molecule has 19 heavy (non-hydrogen) atoms. The van der Waals surface area contributed by atoms with E-state index in [0.29, 0.717) is 5.41 Å². The van der Waals surface area contributed by atoms with Crippen molar-refractivity contribution in [3.63, 3.8) is 0 Å². The number of furan rings is 1. The molecule has 5 heteroatoms. The van der Waals surface area contributed by atoms with Crippen molar-refractivity contribution >= 4 is 16.9 Å². The van der Waals surface area contributed by atoms with Gasteiger partial charge in [-0.25, -0.2) is 9.97 Å². The summed E-state index contributed by atoms with van der Waals surface area (Å²) in [5, 5.41) is 3.54. The fourth-order valence-electron chi connectivity index (χ4n) is 3.50. The normalized spacial score (nSPS) is 27.5. The summed E-state index contributed by atoms with van der Waals surface area (Å²) in [5.74, 6) is 0.956. The van der Waals surface area contributed by atoms with E-state index >= 15 is 0 Å². The summed E-state index contributed by atoms with van der Waals surface area (Å²) in [6.07, 6.45) is 7.18. The highest BCUT2D eigenvalue weighted by atomic mass is 16.3. The standard InChI is InChI=1S/C14H18N4O/c1-3-14(8-15-5-1)4-6-18(9-14)13-12-11(2-7-19-12)16-10-17-13/h2,7,10,15H,1,3-6,8-9H2. The van der Waals surface area contributed by atoms with Gasteiger partial charge in [0.1, 0.15) is 11.8 Å². The fourth-order valence-corrected chi connectivity index (χ4v) is 3.50. The van der Waals surface area contributed by atoms with Crippen molar-refractivity contribution in [3.8, 4) is 0 Å². The molecule has 1 unspecified atom stereocenters. The fraction of sp³-hybridized carbons (Fsp3) is 0.571. The number of nitrogens with zero attached hydrogens (tertiary/aromatic N) is 3. The Bertz CT molecular complexity index is 588. The van der Waals surface area contributed by atoms with E-state index in [9.17, 15) is 0 Å². The number of anilines is 1. The van der Waals surface area contributed by atoms with Crippen LogP contribution in [0.3, 0.4) is 0 Å². The Morgan fingerprint density at radius 2 is 2.32 bits per heavy atom. The molecule has 0 aromatic carbocycles. The first kappa shape index (κ1) is 11.2. The summed E-state index contributed by atoms with van der Waals surface area (Å²) in [7, 11) is 0. The molecule has 2 fully saturated rings. The molecule has 1 N–H and O–H groups in total. The number of aromatic nitrogens is 2. The van der Waals surface area contributed by atoms with Crippen molar-refractivity contribution in [2.24, 2.45) is 5.41 Å². The van der Waals surface area contributed by atoms with Crippen molar-refractivity contribution in [2.75, 3.05) is 31.1 Å². The van der Waals surface area contributed by atoms with E-state index < -0.39 is 0 Å². The lowest BCUT2D eigenvalue weighted by Gasteiger charge is -2.33. The molecule has 4 heterocycles. The smallest absolute Gasteiger partial charge is 0.194 e. The zero-order valence-electron chi connectivity index (χ0n) is 10.9. The van der Waals surface area contributed by atoms with E-state index in [1.54, 1.807) is 12.6 Å². The van der Waals surface area contributed by atoms with Gasteiger partial charge in [0.25, 0.3) is 0 Å². The molecule has 1 spiro atoms. The van der Waals surface area contributed by atoms with Crippen LogP contribution >= 0.6 is 0 Å². The van der Waals surface area contributed by atoms with Crippen LogP contribution in [-0.4, -0.2) is 36.1 Å². The van der Waals surface area contributed by atoms with E-state index in [1.165, 1.54) is 19.3 Å². The van der Waals surface area contributed by atoms with E-state index in [0.717, 1.165) is 43.1 Å². The second-order valence-corrected chi connectivity index (χ2v) is 5.78. The van der Waals surface area contributed by atoms with E-state index in [4.69, 9.17) is 4.42 Å². The van der Waals surface area contributed by atoms with Crippen LogP contribution in [0.5, 0.6) is 0 Å². The van der Waals surface area contributed by atoms with Gasteiger partial charge in [0.2, 0.25) is 0 Å². The zero-order chi connectivity index (χ0) is 12.7. The molecular formula is C14H18N4O. The number of nitrogens with one attached hydrogen (secondary N) is 1. The van der Waals surface area contributed by atoms with Crippen LogP contribution in [0.25, 0.3) is 11.1 Å². The van der Waals surface area contributed by atoms with Crippen molar-refractivity contribution in [2.45, 2.75) is 19.3 Å². The van der Waals surface area contributed by atoms with Gasteiger partial charge in [-0.3, -0.25) is 0 Å². The molecule has 4 rings (SSSR count). The Morgan fingerprint density at radius 3 is 3.21 bits per heavy atom. The summed E-state index contributed by atoms with van der Waals surface area (Å²) in [6.45, 7) is 4.44. The lowest BCUT2D eigenvalue weighted by molar-refractivity contribution is 0.239. The molecule has 100 valence electrons. The van der Waals surface area contributed by atoms with Crippen LogP contribution < -0.4 is 10.2 Å². The van der Waals surface area contributed by atoms with Gasteiger partial charge in [0.15, 0.2) is 11.4 Å². The zero-order valence-corrected chi connectivity index (χ0v) is 10.9. The van der Waals surface area contributed by atoms with Crippen LogP contribution in [-0.2, 0) is 0 Å². The number of hydrogen-bond donors (Lipinski definition) is 1. The van der Waals surface area contributed by atoms with Crippen LogP contribution in [0.2, 0.25) is 0 Å². The molecule has 0 radical (unpaired) electrons. The summed E-state index contributed by atoms with van der Waals surface area (Å²) in [5.41, 5.74) is 2.15. The molecule has 2 aromatic heterocycles. The van der Waals surface area contributed by atoms with E-state index in [2.05, 4.69) is 20.2 Å². The predicted octanol–water partition coefficient (Wildman–Crippen LogP) is 1.80. The third-order valence-electron chi connectivity index (χ3n) is 4.52. The molecule has 0 bridgehead atoms. The quantitative estimate of drug-likeness (QED) is 0.845. The van der Waals surface area contributed by atoms with E-state index in [1.807, 2.05) is 6.07 Å². The van der Waals surface area contributed by atoms with Gasteiger partial charge in [0, 0.05) is 31.1 Å². The first-order chi connectivity index (χ1) is 9.36.